The van der Waals surface area contributed by atoms with Crippen LogP contribution >= 0.6 is 11.8 Å². The van der Waals surface area contributed by atoms with E-state index in [0.29, 0.717) is 6.04 Å². The van der Waals surface area contributed by atoms with Gasteiger partial charge in [-0.25, -0.2) is 0 Å². The summed E-state index contributed by atoms with van der Waals surface area (Å²) in [5.41, 5.74) is 3.74. The number of pyridine rings is 1. The lowest BCUT2D eigenvalue weighted by Crippen LogP contribution is -2.16. The molecule has 2 rings (SSSR count). The third-order valence-corrected chi connectivity index (χ3v) is 4.59. The highest BCUT2D eigenvalue weighted by Gasteiger charge is 2.08. The number of nitrogens with one attached hydrogen (secondary N) is 1. The molecule has 1 unspecified atom stereocenters. The van der Waals surface area contributed by atoms with Gasteiger partial charge in [0.25, 0.3) is 0 Å². The Morgan fingerprint density at radius 2 is 2.00 bits per heavy atom. The van der Waals surface area contributed by atoms with Crippen molar-refractivity contribution < 1.29 is 0 Å². The van der Waals surface area contributed by atoms with Gasteiger partial charge in [0.1, 0.15) is 0 Å². The highest BCUT2D eigenvalue weighted by atomic mass is 32.2. The van der Waals surface area contributed by atoms with Gasteiger partial charge in [-0.3, -0.25) is 4.98 Å². The Balaban J connectivity index is 2.14. The van der Waals surface area contributed by atoms with Gasteiger partial charge in [-0.1, -0.05) is 36.4 Å². The highest BCUT2D eigenvalue weighted by Crippen LogP contribution is 2.30. The molecule has 2 nitrogen and oxygen atoms in total. The van der Waals surface area contributed by atoms with E-state index in [4.69, 9.17) is 0 Å². The fourth-order valence-electron chi connectivity index (χ4n) is 2.26. The van der Waals surface area contributed by atoms with Gasteiger partial charge < -0.3 is 5.32 Å². The number of aromatic nitrogens is 1. The van der Waals surface area contributed by atoms with Crippen LogP contribution in [-0.2, 0) is 0 Å². The van der Waals surface area contributed by atoms with Crippen molar-refractivity contribution in [1.29, 1.82) is 0 Å². The predicted molar refractivity (Wildman–Crippen MR) is 86.4 cm³/mol. The SMILES string of the molecule is CCC(NC)c1ccc(Sc2ccc(C)cc2C)cn1. The molecule has 0 fully saturated rings. The van der Waals surface area contributed by atoms with Crippen LogP contribution in [0.1, 0.15) is 36.2 Å². The van der Waals surface area contributed by atoms with Crippen LogP contribution in [0, 0.1) is 13.8 Å². The number of aryl methyl sites for hydroxylation is 2. The average molecular weight is 286 g/mol. The second-order valence-corrected chi connectivity index (χ2v) is 6.15. The van der Waals surface area contributed by atoms with E-state index in [1.54, 1.807) is 11.8 Å². The quantitative estimate of drug-likeness (QED) is 0.874. The average Bonchev–Trinajstić information content (AvgIpc) is 2.45. The van der Waals surface area contributed by atoms with Crippen molar-refractivity contribution in [1.82, 2.24) is 10.3 Å². The molecule has 0 aliphatic carbocycles. The second-order valence-electron chi connectivity index (χ2n) is 5.04. The predicted octanol–water partition coefficient (Wildman–Crippen LogP) is 4.52. The van der Waals surface area contributed by atoms with Gasteiger partial charge >= 0.3 is 0 Å². The molecule has 1 aromatic carbocycles. The summed E-state index contributed by atoms with van der Waals surface area (Å²) in [4.78, 5) is 7.06. The van der Waals surface area contributed by atoms with Crippen LogP contribution in [-0.4, -0.2) is 12.0 Å². The highest BCUT2D eigenvalue weighted by molar-refractivity contribution is 7.99. The number of hydrogen-bond donors (Lipinski definition) is 1. The molecule has 0 spiro atoms. The minimum Gasteiger partial charge on any atom is -0.312 e. The summed E-state index contributed by atoms with van der Waals surface area (Å²) >= 11 is 1.78. The normalized spacial score (nSPS) is 12.4. The van der Waals surface area contributed by atoms with Crippen molar-refractivity contribution in [3.63, 3.8) is 0 Å². The molecule has 3 heteroatoms. The molecular weight excluding hydrogens is 264 g/mol. The van der Waals surface area contributed by atoms with Crippen molar-refractivity contribution in [2.75, 3.05) is 7.05 Å². The lowest BCUT2D eigenvalue weighted by Gasteiger charge is -2.13. The molecule has 20 heavy (non-hydrogen) atoms. The van der Waals surface area contributed by atoms with Crippen LogP contribution in [0.4, 0.5) is 0 Å². The molecular formula is C17H22N2S. The summed E-state index contributed by atoms with van der Waals surface area (Å²) in [6.07, 6.45) is 3.02. The van der Waals surface area contributed by atoms with E-state index >= 15 is 0 Å². The molecule has 1 N–H and O–H groups in total. The van der Waals surface area contributed by atoms with Crippen molar-refractivity contribution in [3.8, 4) is 0 Å². The van der Waals surface area contributed by atoms with Gasteiger partial charge in [-0.05, 0) is 51.1 Å². The molecule has 1 aromatic heterocycles. The third kappa shape index (κ3) is 3.62. The number of nitrogens with zero attached hydrogens (tertiary/aromatic N) is 1. The molecule has 1 heterocycles. The van der Waals surface area contributed by atoms with Crippen LogP contribution in [0.15, 0.2) is 46.3 Å². The largest absolute Gasteiger partial charge is 0.312 e. The maximum atomic E-state index is 4.58. The van der Waals surface area contributed by atoms with Crippen molar-refractivity contribution >= 4 is 11.8 Å². The zero-order valence-corrected chi connectivity index (χ0v) is 13.4. The Kier molecular flexibility index (Phi) is 5.21. The molecule has 0 saturated heterocycles. The van der Waals surface area contributed by atoms with Gasteiger partial charge in [-0.2, -0.15) is 0 Å². The summed E-state index contributed by atoms with van der Waals surface area (Å²) in [7, 11) is 1.98. The van der Waals surface area contributed by atoms with Gasteiger partial charge in [0.05, 0.1) is 5.69 Å². The van der Waals surface area contributed by atoms with Crippen molar-refractivity contribution in [2.24, 2.45) is 0 Å². The molecule has 1 atom stereocenters. The van der Waals surface area contributed by atoms with E-state index in [-0.39, 0.29) is 0 Å². The first kappa shape index (κ1) is 15.1. The zero-order valence-electron chi connectivity index (χ0n) is 12.6. The first-order chi connectivity index (χ1) is 9.63. The van der Waals surface area contributed by atoms with Gasteiger partial charge in [0.2, 0.25) is 0 Å². The smallest absolute Gasteiger partial charge is 0.0573 e. The topological polar surface area (TPSA) is 24.9 Å². The Hall–Kier alpha value is -1.32. The van der Waals surface area contributed by atoms with Gasteiger partial charge in [0.15, 0.2) is 0 Å². The Morgan fingerprint density at radius 3 is 2.55 bits per heavy atom. The van der Waals surface area contributed by atoms with E-state index in [0.717, 1.165) is 12.1 Å². The van der Waals surface area contributed by atoms with Crippen LogP contribution in [0.25, 0.3) is 0 Å². The summed E-state index contributed by atoms with van der Waals surface area (Å²) in [6, 6.07) is 11.2. The third-order valence-electron chi connectivity index (χ3n) is 3.43. The molecule has 2 aromatic rings. The lowest BCUT2D eigenvalue weighted by molar-refractivity contribution is 0.561. The minimum atomic E-state index is 0.343. The molecule has 0 bridgehead atoms. The lowest BCUT2D eigenvalue weighted by atomic mass is 10.1. The first-order valence-electron chi connectivity index (χ1n) is 7.02. The van der Waals surface area contributed by atoms with Gasteiger partial charge in [-0.15, -0.1) is 0 Å². The Morgan fingerprint density at radius 1 is 1.20 bits per heavy atom. The standard InChI is InChI=1S/C17H22N2S/c1-5-15(18-4)16-8-7-14(11-19-16)20-17-9-6-12(2)10-13(17)3/h6-11,15,18H,5H2,1-4H3. The molecule has 106 valence electrons. The fourth-order valence-corrected chi connectivity index (χ4v) is 3.11. The number of benzene rings is 1. The van der Waals surface area contributed by atoms with Crippen molar-refractivity contribution in [2.45, 2.75) is 43.0 Å². The number of hydrogen-bond acceptors (Lipinski definition) is 3. The monoisotopic (exact) mass is 286 g/mol. The van der Waals surface area contributed by atoms with Crippen LogP contribution in [0.3, 0.4) is 0 Å². The molecule has 0 aliphatic rings. The van der Waals surface area contributed by atoms with Gasteiger partial charge in [0, 0.05) is 22.0 Å². The molecule has 0 saturated carbocycles. The summed E-state index contributed by atoms with van der Waals surface area (Å²) in [5.74, 6) is 0. The Bertz CT molecular complexity index is 560. The van der Waals surface area contributed by atoms with Crippen molar-refractivity contribution in [3.05, 3.63) is 53.3 Å². The molecule has 0 aliphatic heterocycles. The number of rotatable bonds is 5. The van der Waals surface area contributed by atoms with Crippen LogP contribution < -0.4 is 5.32 Å². The summed E-state index contributed by atoms with van der Waals surface area (Å²) in [6.45, 7) is 6.45. The van der Waals surface area contributed by atoms with E-state index in [9.17, 15) is 0 Å². The van der Waals surface area contributed by atoms with Crippen LogP contribution in [0.2, 0.25) is 0 Å². The second kappa shape index (κ2) is 6.91. The maximum Gasteiger partial charge on any atom is 0.0573 e. The fraction of sp³-hybridized carbons (Fsp3) is 0.353. The summed E-state index contributed by atoms with van der Waals surface area (Å²) < 4.78 is 0. The first-order valence-corrected chi connectivity index (χ1v) is 7.84. The maximum absolute atomic E-state index is 4.58. The van der Waals surface area contributed by atoms with E-state index in [1.807, 2.05) is 13.2 Å². The summed E-state index contributed by atoms with van der Waals surface area (Å²) in [5, 5.41) is 3.28. The molecule has 0 radical (unpaired) electrons. The minimum absolute atomic E-state index is 0.343. The van der Waals surface area contributed by atoms with E-state index < -0.39 is 0 Å². The Labute approximate surface area is 126 Å². The van der Waals surface area contributed by atoms with E-state index in [1.165, 1.54) is 20.9 Å². The molecule has 0 amide bonds. The van der Waals surface area contributed by atoms with Crippen LogP contribution in [0.5, 0.6) is 0 Å². The van der Waals surface area contributed by atoms with E-state index in [2.05, 4.69) is 61.4 Å². The zero-order chi connectivity index (χ0) is 14.5.